The van der Waals surface area contributed by atoms with Crippen molar-refractivity contribution in [3.63, 3.8) is 0 Å². The Labute approximate surface area is 104 Å². The van der Waals surface area contributed by atoms with Gasteiger partial charge in [0.25, 0.3) is 0 Å². The zero-order valence-electron chi connectivity index (χ0n) is 9.07. The van der Waals surface area contributed by atoms with Crippen LogP contribution in [0.15, 0.2) is 18.2 Å². The van der Waals surface area contributed by atoms with Gasteiger partial charge in [0.2, 0.25) is 11.8 Å². The first-order valence-electron chi connectivity index (χ1n) is 5.16. The summed E-state index contributed by atoms with van der Waals surface area (Å²) in [7, 11) is 0. The van der Waals surface area contributed by atoms with Crippen LogP contribution in [0.1, 0.15) is 5.56 Å². The molecule has 1 saturated heterocycles. The molecule has 2 amide bonds. The summed E-state index contributed by atoms with van der Waals surface area (Å²) in [4.78, 5) is 24.2. The maximum atomic E-state index is 11.2. The van der Waals surface area contributed by atoms with E-state index in [4.69, 9.17) is 17.3 Å². The second kappa shape index (κ2) is 4.73. The molecule has 0 aromatic heterocycles. The normalized spacial score (nSPS) is 16.0. The molecule has 0 radical (unpaired) electrons. The monoisotopic (exact) mass is 253 g/mol. The van der Waals surface area contributed by atoms with Crippen LogP contribution in [0.2, 0.25) is 5.02 Å². The van der Waals surface area contributed by atoms with Crippen LogP contribution in [-0.4, -0.2) is 24.9 Å². The van der Waals surface area contributed by atoms with Crippen LogP contribution in [-0.2, 0) is 16.1 Å². The van der Waals surface area contributed by atoms with Crippen LogP contribution in [0.25, 0.3) is 0 Å². The lowest BCUT2D eigenvalue weighted by Crippen LogP contribution is -2.51. The van der Waals surface area contributed by atoms with Gasteiger partial charge in [0.05, 0.1) is 13.1 Å². The highest BCUT2D eigenvalue weighted by molar-refractivity contribution is 6.31. The van der Waals surface area contributed by atoms with Crippen molar-refractivity contribution in [2.24, 2.45) is 5.73 Å². The maximum Gasteiger partial charge on any atom is 0.246 e. The van der Waals surface area contributed by atoms with Gasteiger partial charge < -0.3 is 10.6 Å². The molecule has 2 rings (SSSR count). The zero-order chi connectivity index (χ0) is 12.4. The Balaban J connectivity index is 2.25. The molecule has 0 bridgehead atoms. The van der Waals surface area contributed by atoms with Gasteiger partial charge in [-0.15, -0.1) is 0 Å². The van der Waals surface area contributed by atoms with Gasteiger partial charge in [-0.25, -0.2) is 0 Å². The van der Waals surface area contributed by atoms with Gasteiger partial charge in [-0.1, -0.05) is 17.7 Å². The van der Waals surface area contributed by atoms with Crippen molar-refractivity contribution in [2.75, 3.05) is 18.0 Å². The third-order valence-corrected chi connectivity index (χ3v) is 2.92. The number of halogens is 1. The van der Waals surface area contributed by atoms with E-state index in [9.17, 15) is 9.59 Å². The second-order valence-electron chi connectivity index (χ2n) is 3.81. The summed E-state index contributed by atoms with van der Waals surface area (Å²) in [5, 5.41) is 2.79. The van der Waals surface area contributed by atoms with Gasteiger partial charge in [-0.3, -0.25) is 14.9 Å². The Bertz CT molecular complexity index is 460. The zero-order valence-corrected chi connectivity index (χ0v) is 9.83. The standard InChI is InChI=1S/C11H12ClN3O2/c12-9-3-8(2-1-7(9)4-13)15-5-10(16)14-11(17)6-15/h1-3H,4-6,13H2,(H,14,16,17). The molecular formula is C11H12ClN3O2. The van der Waals surface area contributed by atoms with E-state index in [1.54, 1.807) is 23.1 Å². The van der Waals surface area contributed by atoms with E-state index in [-0.39, 0.29) is 24.9 Å². The maximum absolute atomic E-state index is 11.2. The summed E-state index contributed by atoms with van der Waals surface area (Å²) in [6.45, 7) is 0.673. The van der Waals surface area contributed by atoms with E-state index in [2.05, 4.69) is 5.32 Å². The second-order valence-corrected chi connectivity index (χ2v) is 4.21. The number of piperazine rings is 1. The van der Waals surface area contributed by atoms with E-state index in [0.717, 1.165) is 11.3 Å². The van der Waals surface area contributed by atoms with Gasteiger partial charge in [0, 0.05) is 17.3 Å². The minimum Gasteiger partial charge on any atom is -0.353 e. The Morgan fingerprint density at radius 3 is 2.47 bits per heavy atom. The molecule has 1 aromatic carbocycles. The van der Waals surface area contributed by atoms with Crippen LogP contribution >= 0.6 is 11.6 Å². The molecule has 3 N–H and O–H groups in total. The number of imide groups is 1. The summed E-state index contributed by atoms with van der Waals surface area (Å²) < 4.78 is 0. The minimum absolute atomic E-state index is 0.157. The fraction of sp³-hybridized carbons (Fsp3) is 0.273. The van der Waals surface area contributed by atoms with Crippen molar-refractivity contribution in [1.82, 2.24) is 5.32 Å². The highest BCUT2D eigenvalue weighted by atomic mass is 35.5. The van der Waals surface area contributed by atoms with Gasteiger partial charge in [-0.2, -0.15) is 0 Å². The average molecular weight is 254 g/mol. The van der Waals surface area contributed by atoms with Crippen molar-refractivity contribution in [3.8, 4) is 0 Å². The molecule has 0 spiro atoms. The van der Waals surface area contributed by atoms with E-state index in [0.29, 0.717) is 11.6 Å². The summed E-state index contributed by atoms with van der Waals surface area (Å²) in [5.74, 6) is -0.611. The minimum atomic E-state index is -0.305. The predicted octanol–water partition coefficient (Wildman–Crippen LogP) is 0.262. The molecule has 0 unspecified atom stereocenters. The van der Waals surface area contributed by atoms with E-state index in [1.165, 1.54) is 0 Å². The first-order chi connectivity index (χ1) is 8.10. The molecule has 0 aliphatic carbocycles. The van der Waals surface area contributed by atoms with Crippen LogP contribution in [0.3, 0.4) is 0 Å². The van der Waals surface area contributed by atoms with Crippen molar-refractivity contribution >= 4 is 29.1 Å². The smallest absolute Gasteiger partial charge is 0.246 e. The number of benzene rings is 1. The number of nitrogens with one attached hydrogen (secondary N) is 1. The number of nitrogens with two attached hydrogens (primary N) is 1. The van der Waals surface area contributed by atoms with Gasteiger partial charge in [0.15, 0.2) is 0 Å². The Morgan fingerprint density at radius 1 is 1.29 bits per heavy atom. The lowest BCUT2D eigenvalue weighted by atomic mass is 10.2. The highest BCUT2D eigenvalue weighted by Crippen LogP contribution is 2.23. The Hall–Kier alpha value is -1.59. The van der Waals surface area contributed by atoms with Gasteiger partial charge in [0.1, 0.15) is 0 Å². The highest BCUT2D eigenvalue weighted by Gasteiger charge is 2.22. The van der Waals surface area contributed by atoms with Crippen LogP contribution < -0.4 is 16.0 Å². The molecule has 1 aromatic rings. The van der Waals surface area contributed by atoms with Crippen molar-refractivity contribution < 1.29 is 9.59 Å². The fourth-order valence-electron chi connectivity index (χ4n) is 1.72. The van der Waals surface area contributed by atoms with Gasteiger partial charge in [-0.05, 0) is 17.7 Å². The average Bonchev–Trinajstić information content (AvgIpc) is 2.27. The summed E-state index contributed by atoms with van der Waals surface area (Å²) in [5.41, 5.74) is 7.09. The van der Waals surface area contributed by atoms with Crippen molar-refractivity contribution in [3.05, 3.63) is 28.8 Å². The Kier molecular flexibility index (Phi) is 3.31. The van der Waals surface area contributed by atoms with Crippen molar-refractivity contribution in [2.45, 2.75) is 6.54 Å². The molecule has 1 aliphatic heterocycles. The van der Waals surface area contributed by atoms with E-state index >= 15 is 0 Å². The molecule has 90 valence electrons. The number of hydrogen-bond donors (Lipinski definition) is 2. The number of carbonyl (C=O) groups excluding carboxylic acids is 2. The summed E-state index contributed by atoms with van der Waals surface area (Å²) >= 11 is 6.03. The number of anilines is 1. The van der Waals surface area contributed by atoms with E-state index < -0.39 is 0 Å². The van der Waals surface area contributed by atoms with Crippen LogP contribution in [0.5, 0.6) is 0 Å². The molecule has 1 fully saturated rings. The first kappa shape index (κ1) is 11.9. The summed E-state index contributed by atoms with van der Waals surface area (Å²) in [6.07, 6.45) is 0. The summed E-state index contributed by atoms with van der Waals surface area (Å²) in [6, 6.07) is 5.32. The third kappa shape index (κ3) is 2.57. The molecule has 1 heterocycles. The molecule has 0 saturated carbocycles. The van der Waals surface area contributed by atoms with Crippen LogP contribution in [0, 0.1) is 0 Å². The number of carbonyl (C=O) groups is 2. The fourth-order valence-corrected chi connectivity index (χ4v) is 1.97. The first-order valence-corrected chi connectivity index (χ1v) is 5.54. The molecular weight excluding hydrogens is 242 g/mol. The topological polar surface area (TPSA) is 75.4 Å². The third-order valence-electron chi connectivity index (χ3n) is 2.57. The number of nitrogens with zero attached hydrogens (tertiary/aromatic N) is 1. The van der Waals surface area contributed by atoms with Gasteiger partial charge >= 0.3 is 0 Å². The number of amides is 2. The number of rotatable bonds is 2. The SMILES string of the molecule is NCc1ccc(N2CC(=O)NC(=O)C2)cc1Cl. The lowest BCUT2D eigenvalue weighted by Gasteiger charge is -2.27. The van der Waals surface area contributed by atoms with Crippen molar-refractivity contribution in [1.29, 1.82) is 0 Å². The number of hydrogen-bond acceptors (Lipinski definition) is 4. The predicted molar refractivity (Wildman–Crippen MR) is 64.7 cm³/mol. The largest absolute Gasteiger partial charge is 0.353 e. The van der Waals surface area contributed by atoms with Crippen LogP contribution in [0.4, 0.5) is 5.69 Å². The quantitative estimate of drug-likeness (QED) is 0.742. The molecule has 5 nitrogen and oxygen atoms in total. The Morgan fingerprint density at radius 2 is 1.94 bits per heavy atom. The lowest BCUT2D eigenvalue weighted by molar-refractivity contribution is -0.130. The molecule has 6 heteroatoms. The van der Waals surface area contributed by atoms with E-state index in [1.807, 2.05) is 0 Å². The molecule has 0 atom stereocenters. The molecule has 1 aliphatic rings. The molecule has 17 heavy (non-hydrogen) atoms.